The van der Waals surface area contributed by atoms with Crippen LogP contribution in [0.25, 0.3) is 0 Å². The van der Waals surface area contributed by atoms with Crippen molar-refractivity contribution in [3.8, 4) is 0 Å². The largest absolute Gasteiger partial charge is 0.324 e. The molecule has 2 aromatic carbocycles. The lowest BCUT2D eigenvalue weighted by atomic mass is 9.99. The second-order valence-electron chi connectivity index (χ2n) is 4.21. The molecule has 1 atom stereocenters. The molecule has 2 aromatic rings. The maximum absolute atomic E-state index is 13.7. The van der Waals surface area contributed by atoms with Gasteiger partial charge in [-0.2, -0.15) is 0 Å². The zero-order valence-electron chi connectivity index (χ0n) is 9.84. The van der Waals surface area contributed by atoms with Gasteiger partial charge in [-0.3, -0.25) is 0 Å². The zero-order valence-corrected chi connectivity index (χ0v) is 12.2. The molecule has 0 amide bonds. The molecule has 0 spiro atoms. The van der Waals surface area contributed by atoms with Gasteiger partial charge in [-0.05, 0) is 42.3 Å². The minimum absolute atomic E-state index is 0.320. The molecule has 0 aliphatic carbocycles. The minimum Gasteiger partial charge on any atom is -0.324 e. The molecule has 0 heterocycles. The van der Waals surface area contributed by atoms with Crippen LogP contribution in [-0.2, 0) is 6.42 Å². The van der Waals surface area contributed by atoms with Gasteiger partial charge in [0.15, 0.2) is 0 Å². The van der Waals surface area contributed by atoms with Crippen LogP contribution in [0.1, 0.15) is 17.2 Å². The van der Waals surface area contributed by atoms with E-state index in [-0.39, 0.29) is 5.82 Å². The van der Waals surface area contributed by atoms with Crippen molar-refractivity contribution < 1.29 is 8.78 Å². The van der Waals surface area contributed by atoms with Crippen molar-refractivity contribution in [3.63, 3.8) is 0 Å². The van der Waals surface area contributed by atoms with E-state index in [0.29, 0.717) is 22.6 Å². The lowest BCUT2D eigenvalue weighted by Crippen LogP contribution is -2.15. The average Bonchev–Trinajstić information content (AvgIpc) is 2.33. The molecule has 1 nitrogen and oxygen atoms in total. The van der Waals surface area contributed by atoms with Gasteiger partial charge in [0.1, 0.15) is 11.6 Å². The number of rotatable bonds is 3. The first-order valence-electron chi connectivity index (χ1n) is 5.62. The van der Waals surface area contributed by atoms with Crippen LogP contribution in [0, 0.1) is 11.6 Å². The van der Waals surface area contributed by atoms with Gasteiger partial charge in [0.05, 0.1) is 0 Å². The molecule has 100 valence electrons. The Morgan fingerprint density at radius 2 is 1.89 bits per heavy atom. The van der Waals surface area contributed by atoms with Gasteiger partial charge in [0.25, 0.3) is 0 Å². The summed E-state index contributed by atoms with van der Waals surface area (Å²) in [5, 5.41) is 0.320. The Morgan fingerprint density at radius 3 is 2.58 bits per heavy atom. The Morgan fingerprint density at radius 1 is 1.16 bits per heavy atom. The topological polar surface area (TPSA) is 26.0 Å². The van der Waals surface area contributed by atoms with E-state index in [9.17, 15) is 8.78 Å². The van der Waals surface area contributed by atoms with Crippen LogP contribution in [0.4, 0.5) is 8.78 Å². The summed E-state index contributed by atoms with van der Waals surface area (Å²) in [7, 11) is 0. The van der Waals surface area contributed by atoms with Gasteiger partial charge >= 0.3 is 0 Å². The Labute approximate surface area is 123 Å². The standard InChI is InChI=1S/C14H11BrClF2N/c15-12-4-2-10(17)5-8(12)6-14(19)11-3-1-9(16)7-13(11)18/h1-5,7,14H,6,19H2. The summed E-state index contributed by atoms with van der Waals surface area (Å²) in [6.07, 6.45) is 0.330. The van der Waals surface area contributed by atoms with E-state index in [1.165, 1.54) is 18.2 Å². The predicted octanol–water partition coefficient (Wildman–Crippen LogP) is 4.62. The molecule has 2 rings (SSSR count). The minimum atomic E-state index is -0.560. The fraction of sp³-hybridized carbons (Fsp3) is 0.143. The maximum atomic E-state index is 13.7. The molecule has 0 aromatic heterocycles. The highest BCUT2D eigenvalue weighted by molar-refractivity contribution is 9.10. The van der Waals surface area contributed by atoms with Gasteiger partial charge in [-0.25, -0.2) is 8.78 Å². The fourth-order valence-electron chi connectivity index (χ4n) is 1.85. The summed E-state index contributed by atoms with van der Waals surface area (Å²) < 4.78 is 27.7. The van der Waals surface area contributed by atoms with E-state index < -0.39 is 11.9 Å². The molecular weight excluding hydrogens is 336 g/mol. The molecule has 0 fully saturated rings. The third kappa shape index (κ3) is 3.53. The van der Waals surface area contributed by atoms with E-state index >= 15 is 0 Å². The zero-order chi connectivity index (χ0) is 14.0. The molecule has 2 N–H and O–H groups in total. The van der Waals surface area contributed by atoms with Crippen molar-refractivity contribution >= 4 is 27.5 Å². The predicted molar refractivity (Wildman–Crippen MR) is 76.1 cm³/mol. The summed E-state index contributed by atoms with van der Waals surface area (Å²) in [4.78, 5) is 0. The molecule has 0 radical (unpaired) electrons. The van der Waals surface area contributed by atoms with Crippen molar-refractivity contribution in [1.82, 2.24) is 0 Å². The van der Waals surface area contributed by atoms with Gasteiger partial charge in [-0.1, -0.05) is 33.6 Å². The summed E-state index contributed by atoms with van der Waals surface area (Å²) in [5.74, 6) is -0.797. The first kappa shape index (κ1) is 14.4. The van der Waals surface area contributed by atoms with E-state index in [2.05, 4.69) is 15.9 Å². The molecule has 5 heteroatoms. The first-order chi connectivity index (χ1) is 8.97. The molecular formula is C14H11BrClF2N. The molecule has 0 aliphatic rings. The summed E-state index contributed by atoms with van der Waals surface area (Å²) in [6, 6.07) is 8.14. The number of hydrogen-bond acceptors (Lipinski definition) is 1. The average molecular weight is 347 g/mol. The van der Waals surface area contributed by atoms with Gasteiger partial charge in [0.2, 0.25) is 0 Å². The smallest absolute Gasteiger partial charge is 0.129 e. The normalized spacial score (nSPS) is 12.5. The number of nitrogens with two attached hydrogens (primary N) is 1. The van der Waals surface area contributed by atoms with Crippen LogP contribution in [0.15, 0.2) is 40.9 Å². The van der Waals surface area contributed by atoms with Crippen LogP contribution in [-0.4, -0.2) is 0 Å². The van der Waals surface area contributed by atoms with Crippen LogP contribution in [0.3, 0.4) is 0 Å². The summed E-state index contributed by atoms with van der Waals surface area (Å²) in [5.41, 5.74) is 7.03. The third-order valence-electron chi connectivity index (χ3n) is 2.81. The van der Waals surface area contributed by atoms with Gasteiger partial charge in [-0.15, -0.1) is 0 Å². The molecule has 0 aliphatic heterocycles. The van der Waals surface area contributed by atoms with E-state index in [1.807, 2.05) is 0 Å². The number of hydrogen-bond donors (Lipinski definition) is 1. The van der Waals surface area contributed by atoms with Crippen molar-refractivity contribution in [1.29, 1.82) is 0 Å². The van der Waals surface area contributed by atoms with Crippen molar-refractivity contribution in [2.45, 2.75) is 12.5 Å². The summed E-state index contributed by atoms with van der Waals surface area (Å²) >= 11 is 9.01. The van der Waals surface area contributed by atoms with Crippen molar-refractivity contribution in [3.05, 3.63) is 68.7 Å². The molecule has 0 bridgehead atoms. The molecule has 0 saturated carbocycles. The Kier molecular flexibility index (Phi) is 4.55. The Bertz CT molecular complexity index is 604. The van der Waals surface area contributed by atoms with E-state index in [1.54, 1.807) is 18.2 Å². The van der Waals surface area contributed by atoms with Crippen LogP contribution < -0.4 is 5.73 Å². The lowest BCUT2D eigenvalue weighted by molar-refractivity contribution is 0.578. The Balaban J connectivity index is 2.25. The van der Waals surface area contributed by atoms with Crippen molar-refractivity contribution in [2.24, 2.45) is 5.73 Å². The van der Waals surface area contributed by atoms with E-state index in [4.69, 9.17) is 17.3 Å². The van der Waals surface area contributed by atoms with Crippen LogP contribution in [0.5, 0.6) is 0 Å². The summed E-state index contributed by atoms with van der Waals surface area (Å²) in [6.45, 7) is 0. The Hall–Kier alpha value is -0.970. The van der Waals surface area contributed by atoms with Gasteiger partial charge < -0.3 is 5.73 Å². The second kappa shape index (κ2) is 5.99. The van der Waals surface area contributed by atoms with Crippen LogP contribution >= 0.6 is 27.5 Å². The second-order valence-corrected chi connectivity index (χ2v) is 5.50. The third-order valence-corrected chi connectivity index (χ3v) is 3.82. The molecule has 19 heavy (non-hydrogen) atoms. The number of halogens is 4. The van der Waals surface area contributed by atoms with Gasteiger partial charge in [0, 0.05) is 21.1 Å². The first-order valence-corrected chi connectivity index (χ1v) is 6.79. The molecule has 1 unspecified atom stereocenters. The quantitative estimate of drug-likeness (QED) is 0.862. The maximum Gasteiger partial charge on any atom is 0.129 e. The highest BCUT2D eigenvalue weighted by Gasteiger charge is 2.14. The fourth-order valence-corrected chi connectivity index (χ4v) is 2.42. The highest BCUT2D eigenvalue weighted by Crippen LogP contribution is 2.26. The number of benzene rings is 2. The lowest BCUT2D eigenvalue weighted by Gasteiger charge is -2.14. The van der Waals surface area contributed by atoms with E-state index in [0.717, 1.165) is 4.47 Å². The monoisotopic (exact) mass is 345 g/mol. The van der Waals surface area contributed by atoms with Crippen molar-refractivity contribution in [2.75, 3.05) is 0 Å². The highest BCUT2D eigenvalue weighted by atomic mass is 79.9. The molecule has 0 saturated heterocycles. The SMILES string of the molecule is NC(Cc1cc(F)ccc1Br)c1ccc(Cl)cc1F. The van der Waals surface area contributed by atoms with Crippen LogP contribution in [0.2, 0.25) is 5.02 Å².